The van der Waals surface area contributed by atoms with Crippen LogP contribution < -0.4 is 15.5 Å². The van der Waals surface area contributed by atoms with Gasteiger partial charge in [0.2, 0.25) is 17.7 Å². The lowest BCUT2D eigenvalue weighted by molar-refractivity contribution is -0.138. The predicted molar refractivity (Wildman–Crippen MR) is 145 cm³/mol. The van der Waals surface area contributed by atoms with Crippen LogP contribution in [0.3, 0.4) is 0 Å². The van der Waals surface area contributed by atoms with Crippen molar-refractivity contribution in [2.45, 2.75) is 77.5 Å². The number of carbonyl (C=O) groups is 5. The Morgan fingerprint density at radius 1 is 1.00 bits per heavy atom. The van der Waals surface area contributed by atoms with Gasteiger partial charge in [-0.15, -0.1) is 0 Å². The summed E-state index contributed by atoms with van der Waals surface area (Å²) in [5.41, 5.74) is 1.41. The van der Waals surface area contributed by atoms with E-state index in [0.717, 1.165) is 5.69 Å². The number of carbonyl (C=O) groups excluding carboxylic acids is 5. The van der Waals surface area contributed by atoms with Crippen molar-refractivity contribution in [2.24, 2.45) is 5.92 Å². The normalized spacial score (nSPS) is 20.2. The van der Waals surface area contributed by atoms with Crippen LogP contribution in [0.25, 0.3) is 0 Å². The number of benzene rings is 1. The second kappa shape index (κ2) is 12.4. The second-order valence-electron chi connectivity index (χ2n) is 10.9. The van der Waals surface area contributed by atoms with Crippen LogP contribution in [0, 0.1) is 5.92 Å². The van der Waals surface area contributed by atoms with Gasteiger partial charge in [-0.3, -0.25) is 24.0 Å². The van der Waals surface area contributed by atoms with Gasteiger partial charge in [-0.2, -0.15) is 0 Å². The first-order valence-corrected chi connectivity index (χ1v) is 13.4. The molecular weight excluding hydrogens is 486 g/mol. The number of rotatable bonds is 10. The summed E-state index contributed by atoms with van der Waals surface area (Å²) in [4.78, 5) is 69.8. The van der Waals surface area contributed by atoms with Crippen LogP contribution in [0.1, 0.15) is 63.7 Å². The molecule has 2 N–H and O–H groups in total. The van der Waals surface area contributed by atoms with Gasteiger partial charge in [0.1, 0.15) is 18.1 Å². The lowest BCUT2D eigenvalue weighted by Crippen LogP contribution is -2.53. The third-order valence-electron chi connectivity index (χ3n) is 7.20. The number of anilines is 1. The zero-order valence-corrected chi connectivity index (χ0v) is 23.3. The summed E-state index contributed by atoms with van der Waals surface area (Å²) in [6.45, 7) is 7.48. The lowest BCUT2D eigenvalue weighted by atomic mass is 10.0. The SMILES string of the molecule is CCC[C@H](NC(C)=O)C(=O)N1CC(=O)[C@@H]2[C@H]1CCN2C(=O)[C@H](CC(C)C)NC(=O)c1ccc(N(C)C)cc1. The number of amides is 4. The first kappa shape index (κ1) is 29.1. The van der Waals surface area contributed by atoms with Crippen molar-refractivity contribution in [3.63, 3.8) is 0 Å². The molecule has 0 unspecified atom stereocenters. The Balaban J connectivity index is 1.76. The molecule has 3 rings (SSSR count). The molecule has 2 aliphatic rings. The van der Waals surface area contributed by atoms with Gasteiger partial charge in [0.15, 0.2) is 5.78 Å². The lowest BCUT2D eigenvalue weighted by Gasteiger charge is -2.30. The zero-order chi connectivity index (χ0) is 28.1. The van der Waals surface area contributed by atoms with E-state index in [0.29, 0.717) is 37.8 Å². The molecule has 1 aromatic carbocycles. The van der Waals surface area contributed by atoms with Crippen molar-refractivity contribution >= 4 is 35.1 Å². The van der Waals surface area contributed by atoms with Gasteiger partial charge >= 0.3 is 0 Å². The Hall–Kier alpha value is -3.43. The van der Waals surface area contributed by atoms with Crippen molar-refractivity contribution in [1.29, 1.82) is 0 Å². The fourth-order valence-corrected chi connectivity index (χ4v) is 5.40. The van der Waals surface area contributed by atoms with E-state index in [1.807, 2.05) is 51.9 Å². The van der Waals surface area contributed by atoms with E-state index >= 15 is 0 Å². The fourth-order valence-electron chi connectivity index (χ4n) is 5.40. The van der Waals surface area contributed by atoms with Gasteiger partial charge in [-0.1, -0.05) is 27.2 Å². The minimum atomic E-state index is -0.792. The van der Waals surface area contributed by atoms with Crippen molar-refractivity contribution in [1.82, 2.24) is 20.4 Å². The summed E-state index contributed by atoms with van der Waals surface area (Å²) < 4.78 is 0. The number of hydrogen-bond acceptors (Lipinski definition) is 6. The highest BCUT2D eigenvalue weighted by molar-refractivity contribution is 6.01. The number of fused-ring (bicyclic) bond motifs is 1. The molecule has 2 fully saturated rings. The predicted octanol–water partition coefficient (Wildman–Crippen LogP) is 1.58. The summed E-state index contributed by atoms with van der Waals surface area (Å²) >= 11 is 0. The van der Waals surface area contributed by atoms with Crippen LogP contribution in [0.5, 0.6) is 0 Å². The molecule has 10 heteroatoms. The molecule has 4 atom stereocenters. The van der Waals surface area contributed by atoms with E-state index in [-0.39, 0.29) is 41.9 Å². The molecule has 208 valence electrons. The molecule has 0 bridgehead atoms. The average Bonchev–Trinajstić information content (AvgIpc) is 3.43. The van der Waals surface area contributed by atoms with Crippen LogP contribution in [-0.4, -0.2) is 90.6 Å². The molecule has 38 heavy (non-hydrogen) atoms. The summed E-state index contributed by atoms with van der Waals surface area (Å²) in [5.74, 6) is -1.31. The highest BCUT2D eigenvalue weighted by Crippen LogP contribution is 2.31. The number of hydrogen-bond donors (Lipinski definition) is 2. The van der Waals surface area contributed by atoms with Gasteiger partial charge in [0, 0.05) is 38.8 Å². The summed E-state index contributed by atoms with van der Waals surface area (Å²) in [6, 6.07) is 4.47. The van der Waals surface area contributed by atoms with Crippen LogP contribution in [-0.2, 0) is 19.2 Å². The van der Waals surface area contributed by atoms with Gasteiger partial charge < -0.3 is 25.3 Å². The Morgan fingerprint density at radius 3 is 2.18 bits per heavy atom. The molecule has 1 aromatic rings. The molecular formula is C28H41N5O5. The molecule has 2 aliphatic heterocycles. The number of nitrogens with zero attached hydrogens (tertiary/aromatic N) is 3. The largest absolute Gasteiger partial charge is 0.378 e. The highest BCUT2D eigenvalue weighted by atomic mass is 16.2. The van der Waals surface area contributed by atoms with Crippen LogP contribution in [0.15, 0.2) is 24.3 Å². The third kappa shape index (κ3) is 6.52. The smallest absolute Gasteiger partial charge is 0.251 e. The Kier molecular flexibility index (Phi) is 9.51. The van der Waals surface area contributed by atoms with Gasteiger partial charge in [0.05, 0.1) is 12.6 Å². The summed E-state index contributed by atoms with van der Waals surface area (Å²) in [7, 11) is 3.83. The minimum absolute atomic E-state index is 0.0861. The summed E-state index contributed by atoms with van der Waals surface area (Å²) in [5, 5.41) is 5.59. The van der Waals surface area contributed by atoms with E-state index in [9.17, 15) is 24.0 Å². The Morgan fingerprint density at radius 2 is 1.63 bits per heavy atom. The molecule has 4 amide bonds. The van der Waals surface area contributed by atoms with Crippen molar-refractivity contribution in [2.75, 3.05) is 32.1 Å². The zero-order valence-electron chi connectivity index (χ0n) is 23.3. The van der Waals surface area contributed by atoms with E-state index in [1.165, 1.54) is 16.7 Å². The second-order valence-corrected chi connectivity index (χ2v) is 10.9. The fraction of sp³-hybridized carbons (Fsp3) is 0.607. The van der Waals surface area contributed by atoms with E-state index in [4.69, 9.17) is 0 Å². The van der Waals surface area contributed by atoms with Crippen molar-refractivity contribution in [3.05, 3.63) is 29.8 Å². The number of Topliss-reactive ketones (excluding diaryl/α,β-unsaturated/α-hetero) is 1. The molecule has 0 radical (unpaired) electrons. The van der Waals surface area contributed by atoms with E-state index in [1.54, 1.807) is 12.1 Å². The molecule has 0 aliphatic carbocycles. The quantitative estimate of drug-likeness (QED) is 0.477. The Labute approximate surface area is 225 Å². The number of nitrogens with one attached hydrogen (secondary N) is 2. The van der Waals surface area contributed by atoms with Gasteiger partial charge in [-0.05, 0) is 49.4 Å². The maximum absolute atomic E-state index is 13.7. The van der Waals surface area contributed by atoms with Crippen molar-refractivity contribution in [3.8, 4) is 0 Å². The maximum Gasteiger partial charge on any atom is 0.251 e. The monoisotopic (exact) mass is 527 g/mol. The van der Waals surface area contributed by atoms with Crippen LogP contribution >= 0.6 is 0 Å². The third-order valence-corrected chi connectivity index (χ3v) is 7.20. The van der Waals surface area contributed by atoms with Crippen LogP contribution in [0.2, 0.25) is 0 Å². The standard InChI is InChI=1S/C28H41N5O5/c1-7-8-21(29-18(4)34)27(37)33-16-24(35)25-23(33)13-14-32(25)28(38)22(15-17(2)3)30-26(36)19-9-11-20(12-10-19)31(5)6/h9-12,17,21-23,25H,7-8,13-16H2,1-6H3,(H,29,34)(H,30,36)/t21-,22-,23+,25-/m0/s1. The van der Waals surface area contributed by atoms with E-state index < -0.39 is 24.2 Å². The molecule has 0 saturated carbocycles. The van der Waals surface area contributed by atoms with Crippen molar-refractivity contribution < 1.29 is 24.0 Å². The van der Waals surface area contributed by atoms with E-state index in [2.05, 4.69) is 10.6 Å². The first-order chi connectivity index (χ1) is 17.9. The van der Waals surface area contributed by atoms with Gasteiger partial charge in [0.25, 0.3) is 5.91 Å². The number of ketones is 1. The van der Waals surface area contributed by atoms with Crippen LogP contribution in [0.4, 0.5) is 5.69 Å². The summed E-state index contributed by atoms with van der Waals surface area (Å²) in [6.07, 6.45) is 2.07. The average molecular weight is 528 g/mol. The number of likely N-dealkylation sites (tertiary alicyclic amines) is 2. The Bertz CT molecular complexity index is 1050. The highest BCUT2D eigenvalue weighted by Gasteiger charge is 2.53. The molecule has 2 saturated heterocycles. The molecule has 0 spiro atoms. The molecule has 0 aromatic heterocycles. The first-order valence-electron chi connectivity index (χ1n) is 13.4. The van der Waals surface area contributed by atoms with Gasteiger partial charge in [-0.25, -0.2) is 0 Å². The molecule has 10 nitrogen and oxygen atoms in total. The minimum Gasteiger partial charge on any atom is -0.378 e. The topological polar surface area (TPSA) is 119 Å². The maximum atomic E-state index is 13.7. The molecule has 2 heterocycles.